The van der Waals surface area contributed by atoms with Crippen LogP contribution in [0.15, 0.2) is 18.2 Å². The minimum atomic E-state index is -1.49. The summed E-state index contributed by atoms with van der Waals surface area (Å²) in [6, 6.07) is 1.30. The minimum absolute atomic E-state index is 0.179. The number of quaternary nitrogens is 1. The van der Waals surface area contributed by atoms with Crippen molar-refractivity contribution in [3.63, 3.8) is 0 Å². The highest BCUT2D eigenvalue weighted by atomic mass is 19.1. The molecule has 1 rings (SSSR count). The summed E-state index contributed by atoms with van der Waals surface area (Å²) in [5.74, 6) is -3.18. The molecule has 0 heterocycles. The molecule has 0 fully saturated rings. The zero-order valence-electron chi connectivity index (χ0n) is 6.59. The van der Waals surface area contributed by atoms with Crippen molar-refractivity contribution in [2.45, 2.75) is 6.04 Å². The molecule has 0 radical (unpaired) electrons. The van der Waals surface area contributed by atoms with Gasteiger partial charge in [-0.3, -0.25) is 0 Å². The van der Waals surface area contributed by atoms with E-state index in [1.807, 2.05) is 0 Å². The monoisotopic (exact) mass is 187 g/mol. The molecule has 0 aliphatic carbocycles. The molecule has 0 spiro atoms. The fraction of sp³-hybridized carbons (Fsp3) is 0.125. The van der Waals surface area contributed by atoms with Crippen molar-refractivity contribution in [3.8, 4) is 0 Å². The quantitative estimate of drug-likeness (QED) is 0.645. The van der Waals surface area contributed by atoms with Gasteiger partial charge in [0.2, 0.25) is 0 Å². The Morgan fingerprint density at radius 2 is 2.08 bits per heavy atom. The van der Waals surface area contributed by atoms with Crippen molar-refractivity contribution < 1.29 is 24.4 Å². The van der Waals surface area contributed by atoms with Crippen LogP contribution in [0, 0.1) is 11.6 Å². The largest absolute Gasteiger partial charge is 0.544 e. The molecule has 0 bridgehead atoms. The van der Waals surface area contributed by atoms with Gasteiger partial charge in [0.1, 0.15) is 17.6 Å². The molecule has 3 nitrogen and oxygen atoms in total. The molecule has 5 heteroatoms. The van der Waals surface area contributed by atoms with Crippen LogP contribution in [0.4, 0.5) is 8.78 Å². The molecule has 3 N–H and O–H groups in total. The summed E-state index contributed by atoms with van der Waals surface area (Å²) in [7, 11) is 0. The summed E-state index contributed by atoms with van der Waals surface area (Å²) in [6.45, 7) is 0. The van der Waals surface area contributed by atoms with Crippen LogP contribution < -0.4 is 10.8 Å². The zero-order chi connectivity index (χ0) is 10.0. The molecular formula is C8H7F2NO2. The first kappa shape index (κ1) is 9.60. The Morgan fingerprint density at radius 1 is 1.46 bits per heavy atom. The van der Waals surface area contributed by atoms with E-state index in [0.717, 1.165) is 12.1 Å². The number of benzene rings is 1. The van der Waals surface area contributed by atoms with E-state index in [1.54, 1.807) is 0 Å². The SMILES string of the molecule is [NH3+][C@H](C(=O)[O-])c1ccc(F)cc1F. The molecule has 1 aromatic rings. The number of carbonyl (C=O) groups is 1. The van der Waals surface area contributed by atoms with E-state index >= 15 is 0 Å². The maximum absolute atomic E-state index is 12.9. The summed E-state index contributed by atoms with van der Waals surface area (Å²) in [5, 5.41) is 10.3. The van der Waals surface area contributed by atoms with Gasteiger partial charge in [-0.15, -0.1) is 0 Å². The van der Waals surface area contributed by atoms with Gasteiger partial charge in [0.15, 0.2) is 6.04 Å². The lowest BCUT2D eigenvalue weighted by Gasteiger charge is -2.09. The second-order valence-electron chi connectivity index (χ2n) is 2.54. The Hall–Kier alpha value is -1.49. The molecule has 0 saturated carbocycles. The average Bonchev–Trinajstić information content (AvgIpc) is 2.03. The molecule has 70 valence electrons. The smallest absolute Gasteiger partial charge is 0.153 e. The summed E-state index contributed by atoms with van der Waals surface area (Å²) in [6.07, 6.45) is 0. The fourth-order valence-corrected chi connectivity index (χ4v) is 0.911. The van der Waals surface area contributed by atoms with Crippen molar-refractivity contribution >= 4 is 5.97 Å². The van der Waals surface area contributed by atoms with Gasteiger partial charge in [-0.1, -0.05) is 0 Å². The number of aliphatic carboxylic acids is 1. The van der Waals surface area contributed by atoms with Crippen LogP contribution in [-0.2, 0) is 4.79 Å². The zero-order valence-corrected chi connectivity index (χ0v) is 6.59. The van der Waals surface area contributed by atoms with E-state index in [9.17, 15) is 18.7 Å². The molecule has 0 unspecified atom stereocenters. The summed E-state index contributed by atoms with van der Waals surface area (Å²) in [5.41, 5.74) is 2.99. The fourth-order valence-electron chi connectivity index (χ4n) is 0.911. The molecule has 13 heavy (non-hydrogen) atoms. The van der Waals surface area contributed by atoms with Crippen LogP contribution in [0.2, 0.25) is 0 Å². The van der Waals surface area contributed by atoms with Gasteiger partial charge in [-0.2, -0.15) is 0 Å². The summed E-state index contributed by atoms with van der Waals surface area (Å²) >= 11 is 0. The van der Waals surface area contributed by atoms with Gasteiger partial charge in [-0.25, -0.2) is 8.78 Å². The third kappa shape index (κ3) is 2.00. The van der Waals surface area contributed by atoms with Crippen molar-refractivity contribution in [2.24, 2.45) is 0 Å². The normalized spacial score (nSPS) is 12.5. The lowest BCUT2D eigenvalue weighted by molar-refractivity contribution is -0.443. The molecule has 1 aromatic carbocycles. The standard InChI is InChI=1S/C8H7F2NO2/c9-4-1-2-5(6(10)3-4)7(11)8(12)13/h1-3,7H,11H2,(H,12,13)/t7-/m0/s1. The molecule has 0 aliphatic heterocycles. The highest BCUT2D eigenvalue weighted by Gasteiger charge is 2.15. The van der Waals surface area contributed by atoms with Crippen LogP contribution in [0.25, 0.3) is 0 Å². The maximum atomic E-state index is 12.9. The van der Waals surface area contributed by atoms with Crippen LogP contribution >= 0.6 is 0 Å². The number of carboxylic acids is 1. The van der Waals surface area contributed by atoms with E-state index in [0.29, 0.717) is 6.07 Å². The van der Waals surface area contributed by atoms with E-state index in [1.165, 1.54) is 0 Å². The first-order valence-corrected chi connectivity index (χ1v) is 3.51. The molecule has 0 saturated heterocycles. The Balaban J connectivity index is 3.08. The van der Waals surface area contributed by atoms with Gasteiger partial charge in [0.05, 0.1) is 5.56 Å². The van der Waals surface area contributed by atoms with Crippen molar-refractivity contribution in [2.75, 3.05) is 0 Å². The Labute approximate surface area is 72.8 Å². The van der Waals surface area contributed by atoms with Gasteiger partial charge in [-0.05, 0) is 12.1 Å². The number of hydrogen-bond donors (Lipinski definition) is 1. The highest BCUT2D eigenvalue weighted by molar-refractivity contribution is 5.71. The van der Waals surface area contributed by atoms with Crippen LogP contribution in [0.1, 0.15) is 11.6 Å². The first-order valence-electron chi connectivity index (χ1n) is 3.51. The first-order chi connectivity index (χ1) is 6.02. The number of halogens is 2. The molecule has 0 aliphatic rings. The second-order valence-corrected chi connectivity index (χ2v) is 2.54. The van der Waals surface area contributed by atoms with Gasteiger partial charge >= 0.3 is 0 Å². The van der Waals surface area contributed by atoms with Crippen molar-refractivity contribution in [1.29, 1.82) is 0 Å². The summed E-state index contributed by atoms with van der Waals surface area (Å²) in [4.78, 5) is 10.3. The van der Waals surface area contributed by atoms with Gasteiger partial charge in [0, 0.05) is 6.07 Å². The minimum Gasteiger partial charge on any atom is -0.544 e. The van der Waals surface area contributed by atoms with E-state index < -0.39 is 23.6 Å². The van der Waals surface area contributed by atoms with Crippen molar-refractivity contribution in [3.05, 3.63) is 35.4 Å². The lowest BCUT2D eigenvalue weighted by atomic mass is 10.1. The Morgan fingerprint density at radius 3 is 2.54 bits per heavy atom. The molecule has 1 atom stereocenters. The Kier molecular flexibility index (Phi) is 2.57. The third-order valence-electron chi connectivity index (χ3n) is 1.62. The van der Waals surface area contributed by atoms with E-state index in [4.69, 9.17) is 0 Å². The summed E-state index contributed by atoms with van der Waals surface area (Å²) < 4.78 is 25.3. The van der Waals surface area contributed by atoms with E-state index in [-0.39, 0.29) is 5.56 Å². The predicted octanol–water partition coefficient (Wildman–Crippen LogP) is -1.00. The average molecular weight is 187 g/mol. The lowest BCUT2D eigenvalue weighted by Crippen LogP contribution is -2.61. The van der Waals surface area contributed by atoms with E-state index in [2.05, 4.69) is 5.73 Å². The van der Waals surface area contributed by atoms with Crippen LogP contribution in [0.5, 0.6) is 0 Å². The number of rotatable bonds is 2. The number of hydrogen-bond acceptors (Lipinski definition) is 2. The maximum Gasteiger partial charge on any atom is 0.153 e. The second kappa shape index (κ2) is 3.49. The molecule has 0 amide bonds. The molecule has 0 aromatic heterocycles. The highest BCUT2D eigenvalue weighted by Crippen LogP contribution is 2.14. The third-order valence-corrected chi connectivity index (χ3v) is 1.62. The van der Waals surface area contributed by atoms with Gasteiger partial charge in [0.25, 0.3) is 0 Å². The predicted molar refractivity (Wildman–Crippen MR) is 37.0 cm³/mol. The van der Waals surface area contributed by atoms with Crippen LogP contribution in [0.3, 0.4) is 0 Å². The molecular weight excluding hydrogens is 180 g/mol. The number of carbonyl (C=O) groups excluding carboxylic acids is 1. The topological polar surface area (TPSA) is 67.8 Å². The van der Waals surface area contributed by atoms with Crippen molar-refractivity contribution in [1.82, 2.24) is 0 Å². The Bertz CT molecular complexity index is 341. The van der Waals surface area contributed by atoms with Gasteiger partial charge < -0.3 is 15.6 Å². The number of carboxylic acid groups (broad SMARTS) is 1. The van der Waals surface area contributed by atoms with Crippen LogP contribution in [-0.4, -0.2) is 5.97 Å².